The molecule has 8 nitrogen and oxygen atoms in total. The van der Waals surface area contributed by atoms with Gasteiger partial charge in [-0.3, -0.25) is 4.79 Å². The van der Waals surface area contributed by atoms with Gasteiger partial charge < -0.3 is 20.5 Å². The van der Waals surface area contributed by atoms with Crippen LogP contribution in [-0.4, -0.2) is 39.5 Å². The monoisotopic (exact) mass is 497 g/mol. The molecule has 0 unspecified atom stereocenters. The number of halogens is 1. The highest BCUT2D eigenvalue weighted by molar-refractivity contribution is 9.10. The van der Waals surface area contributed by atoms with Crippen LogP contribution in [0, 0.1) is 0 Å². The lowest BCUT2D eigenvalue weighted by atomic mass is 9.95. The van der Waals surface area contributed by atoms with Gasteiger partial charge in [-0.2, -0.15) is 10.1 Å². The summed E-state index contributed by atoms with van der Waals surface area (Å²) in [6.45, 7) is 1.93. The average Bonchev–Trinajstić information content (AvgIpc) is 3.20. The number of nitrogens with zero attached hydrogens (tertiary/aromatic N) is 3. The number of fused-ring (bicyclic) bond motifs is 1. The predicted octanol–water partition coefficient (Wildman–Crippen LogP) is 3.90. The number of aliphatic hydroxyl groups excluding tert-OH is 1. The maximum atomic E-state index is 13.4. The molecule has 2 aromatic carbocycles. The van der Waals surface area contributed by atoms with Crippen LogP contribution in [0.5, 0.6) is 5.75 Å². The molecule has 1 aromatic heterocycles. The quantitative estimate of drug-likeness (QED) is 0.457. The number of nitrogens with one attached hydrogen (secondary N) is 2. The van der Waals surface area contributed by atoms with E-state index in [1.165, 1.54) is 0 Å². The Hall–Kier alpha value is -3.17. The number of anilines is 2. The summed E-state index contributed by atoms with van der Waals surface area (Å²) in [6, 6.07) is 14.5. The van der Waals surface area contributed by atoms with Gasteiger partial charge in [0, 0.05) is 28.9 Å². The van der Waals surface area contributed by atoms with E-state index in [0.717, 1.165) is 10.0 Å². The smallest absolute Gasteiger partial charge is 0.255 e. The van der Waals surface area contributed by atoms with E-state index in [0.29, 0.717) is 47.3 Å². The summed E-state index contributed by atoms with van der Waals surface area (Å²) in [5.41, 5.74) is 2.83. The topological polar surface area (TPSA) is 101 Å². The fourth-order valence-corrected chi connectivity index (χ4v) is 3.92. The van der Waals surface area contributed by atoms with Gasteiger partial charge >= 0.3 is 0 Å². The first kappa shape index (κ1) is 22.0. The first-order valence-electron chi connectivity index (χ1n) is 10.2. The van der Waals surface area contributed by atoms with Gasteiger partial charge in [0.25, 0.3) is 5.91 Å². The highest BCUT2D eigenvalue weighted by Crippen LogP contribution is 2.36. The largest absolute Gasteiger partial charge is 0.497 e. The number of ether oxygens (including phenoxy) is 1. The highest BCUT2D eigenvalue weighted by Gasteiger charge is 2.34. The number of benzene rings is 2. The number of rotatable bonds is 7. The van der Waals surface area contributed by atoms with Crippen LogP contribution < -0.4 is 15.4 Å². The molecule has 0 aliphatic carbocycles. The van der Waals surface area contributed by atoms with E-state index < -0.39 is 6.04 Å². The number of methoxy groups -OCH3 is 1. The van der Waals surface area contributed by atoms with Crippen molar-refractivity contribution in [1.82, 2.24) is 14.8 Å². The molecule has 166 valence electrons. The number of amides is 1. The van der Waals surface area contributed by atoms with Crippen molar-refractivity contribution in [1.29, 1.82) is 0 Å². The molecule has 1 amide bonds. The van der Waals surface area contributed by atoms with Crippen molar-refractivity contribution in [3.05, 3.63) is 75.7 Å². The van der Waals surface area contributed by atoms with Gasteiger partial charge in [-0.15, -0.1) is 0 Å². The molecule has 0 radical (unpaired) electrons. The van der Waals surface area contributed by atoms with E-state index in [9.17, 15) is 4.79 Å². The maximum absolute atomic E-state index is 13.4. The molecule has 2 heterocycles. The standard InChI is InChI=1S/C23H24BrN5O3/c1-14-20(22(31)26-17-9-11-18(32-2)12-10-17)21(15-5-7-16(24)8-6-15)29-23(25-14)27-19(28-29)4-3-13-30/h5-12,21,30H,3-4,13H2,1-2H3,(H,26,31)(H,25,27,28)/t21-/m0/s1. The normalized spacial score (nSPS) is 15.2. The lowest BCUT2D eigenvalue weighted by Gasteiger charge is -2.28. The number of hydrogen-bond donors (Lipinski definition) is 3. The first-order chi connectivity index (χ1) is 15.5. The molecule has 1 atom stereocenters. The zero-order chi connectivity index (χ0) is 22.7. The fraction of sp³-hybridized carbons (Fsp3) is 0.261. The molecule has 3 N–H and O–H groups in total. The molecule has 0 saturated heterocycles. The SMILES string of the molecule is COc1ccc(NC(=O)C2=C(C)Nc3nc(CCCO)nn3[C@H]2c2ccc(Br)cc2)cc1. The maximum Gasteiger partial charge on any atom is 0.255 e. The zero-order valence-corrected chi connectivity index (χ0v) is 19.4. The minimum Gasteiger partial charge on any atom is -0.497 e. The minimum atomic E-state index is -0.451. The highest BCUT2D eigenvalue weighted by atomic mass is 79.9. The van der Waals surface area contributed by atoms with Gasteiger partial charge in [0.1, 0.15) is 11.8 Å². The Bertz CT molecular complexity index is 1140. The summed E-state index contributed by atoms with van der Waals surface area (Å²) in [5.74, 6) is 1.68. The van der Waals surface area contributed by atoms with Crippen LogP contribution in [0.3, 0.4) is 0 Å². The van der Waals surface area contributed by atoms with Gasteiger partial charge in [0.05, 0.1) is 12.7 Å². The summed E-state index contributed by atoms with van der Waals surface area (Å²) < 4.78 is 7.88. The van der Waals surface area contributed by atoms with Gasteiger partial charge in [-0.05, 0) is 55.3 Å². The Labute approximate surface area is 194 Å². The third-order valence-corrected chi connectivity index (χ3v) is 5.76. The van der Waals surface area contributed by atoms with Crippen molar-refractivity contribution in [3.8, 4) is 5.75 Å². The minimum absolute atomic E-state index is 0.0697. The number of allylic oxidation sites excluding steroid dienone is 1. The van der Waals surface area contributed by atoms with Crippen LogP contribution in [0.15, 0.2) is 64.3 Å². The molecule has 0 bridgehead atoms. The molecule has 1 aliphatic heterocycles. The van der Waals surface area contributed by atoms with Gasteiger partial charge in [-0.1, -0.05) is 28.1 Å². The second-order valence-corrected chi connectivity index (χ2v) is 8.34. The third-order valence-electron chi connectivity index (χ3n) is 5.23. The summed E-state index contributed by atoms with van der Waals surface area (Å²) in [7, 11) is 1.60. The van der Waals surface area contributed by atoms with Crippen molar-refractivity contribution >= 4 is 33.5 Å². The Balaban J connectivity index is 1.71. The Morgan fingerprint density at radius 1 is 1.22 bits per heavy atom. The summed E-state index contributed by atoms with van der Waals surface area (Å²) in [4.78, 5) is 18.0. The Morgan fingerprint density at radius 3 is 2.59 bits per heavy atom. The van der Waals surface area contributed by atoms with Gasteiger partial charge in [0.2, 0.25) is 5.95 Å². The van der Waals surface area contributed by atoms with Crippen LogP contribution in [0.4, 0.5) is 11.6 Å². The number of carbonyl (C=O) groups is 1. The zero-order valence-electron chi connectivity index (χ0n) is 17.8. The molecule has 0 saturated carbocycles. The van der Waals surface area contributed by atoms with Crippen LogP contribution in [0.25, 0.3) is 0 Å². The summed E-state index contributed by atoms with van der Waals surface area (Å²) >= 11 is 3.47. The van der Waals surface area contributed by atoms with E-state index in [1.54, 1.807) is 36.1 Å². The van der Waals surface area contributed by atoms with E-state index in [4.69, 9.17) is 9.84 Å². The lowest BCUT2D eigenvalue weighted by molar-refractivity contribution is -0.113. The van der Waals surface area contributed by atoms with Gasteiger partial charge in [-0.25, -0.2) is 4.68 Å². The van der Waals surface area contributed by atoms with Crippen LogP contribution in [-0.2, 0) is 11.2 Å². The van der Waals surface area contributed by atoms with Crippen molar-refractivity contribution in [2.75, 3.05) is 24.4 Å². The number of hydrogen-bond acceptors (Lipinski definition) is 6. The van der Waals surface area contributed by atoms with Crippen LogP contribution >= 0.6 is 15.9 Å². The second-order valence-electron chi connectivity index (χ2n) is 7.42. The van der Waals surface area contributed by atoms with Crippen molar-refractivity contribution < 1.29 is 14.6 Å². The van der Waals surface area contributed by atoms with Crippen molar-refractivity contribution in [2.45, 2.75) is 25.8 Å². The molecule has 32 heavy (non-hydrogen) atoms. The molecule has 0 fully saturated rings. The molecular formula is C23H24BrN5O3. The van der Waals surface area contributed by atoms with Crippen LogP contribution in [0.1, 0.15) is 30.8 Å². The molecule has 0 spiro atoms. The number of aliphatic hydroxyl groups is 1. The Kier molecular flexibility index (Phi) is 6.57. The average molecular weight is 498 g/mol. The fourth-order valence-electron chi connectivity index (χ4n) is 3.66. The molecule has 3 aromatic rings. The molecule has 1 aliphatic rings. The summed E-state index contributed by atoms with van der Waals surface area (Å²) in [5, 5.41) is 20.0. The number of carbonyl (C=O) groups excluding carboxylic acids is 1. The van der Waals surface area contributed by atoms with Gasteiger partial charge in [0.15, 0.2) is 5.82 Å². The molecular weight excluding hydrogens is 474 g/mol. The predicted molar refractivity (Wildman–Crippen MR) is 126 cm³/mol. The van der Waals surface area contributed by atoms with Crippen LogP contribution in [0.2, 0.25) is 0 Å². The molecule has 4 rings (SSSR count). The van der Waals surface area contributed by atoms with E-state index >= 15 is 0 Å². The second kappa shape index (κ2) is 9.54. The first-order valence-corrected chi connectivity index (χ1v) is 11.0. The number of aromatic nitrogens is 3. The third kappa shape index (κ3) is 4.53. The number of aryl methyl sites for hydroxylation is 1. The summed E-state index contributed by atoms with van der Waals surface area (Å²) in [6.07, 6.45) is 1.13. The van der Waals surface area contributed by atoms with Crippen molar-refractivity contribution in [2.24, 2.45) is 0 Å². The van der Waals surface area contributed by atoms with E-state index in [2.05, 4.69) is 36.6 Å². The van der Waals surface area contributed by atoms with E-state index in [-0.39, 0.29) is 12.5 Å². The lowest BCUT2D eigenvalue weighted by Crippen LogP contribution is -2.31. The van der Waals surface area contributed by atoms with E-state index in [1.807, 2.05) is 31.2 Å². The Morgan fingerprint density at radius 2 is 1.94 bits per heavy atom. The molecule has 9 heteroatoms. The van der Waals surface area contributed by atoms with Crippen molar-refractivity contribution in [3.63, 3.8) is 0 Å².